The van der Waals surface area contributed by atoms with Crippen LogP contribution in [0, 0.1) is 0 Å². The van der Waals surface area contributed by atoms with E-state index < -0.39 is 12.0 Å². The number of hydrogen-bond acceptors (Lipinski definition) is 8. The number of nitrogens with zero attached hydrogens (tertiary/aromatic N) is 3. The predicted octanol–water partition coefficient (Wildman–Crippen LogP) is 2.82. The third kappa shape index (κ3) is 5.08. The van der Waals surface area contributed by atoms with Crippen LogP contribution in [0.3, 0.4) is 0 Å². The van der Waals surface area contributed by atoms with Gasteiger partial charge in [0.2, 0.25) is 12.7 Å². The molecule has 0 N–H and O–H groups in total. The molecule has 2 fully saturated rings. The molecule has 2 aromatic carbocycles. The molecule has 0 bridgehead atoms. The Balaban J connectivity index is 1.16. The van der Waals surface area contributed by atoms with Gasteiger partial charge in [-0.25, -0.2) is 9.69 Å². The molecule has 0 spiro atoms. The molecule has 3 aliphatic heterocycles. The fourth-order valence-electron chi connectivity index (χ4n) is 4.84. The molecule has 0 aliphatic carbocycles. The quantitative estimate of drug-likeness (QED) is 0.315. The molecule has 2 saturated heterocycles. The molecule has 9 nitrogen and oxygen atoms in total. The standard InChI is InChI=1S/C27H31N3O6/c1-2-3-14-34-27(33)20-5-7-21(8-6-20)30-25(31)16-22(26(30)32)29-12-10-28(11-13-29)17-19-4-9-23-24(15-19)36-18-35-23/h4-9,15,22H,2-3,10-14,16-18H2,1H3/t22-/m1/s1. The number of carbonyl (C=O) groups is 3. The van der Waals surface area contributed by atoms with E-state index in [1.165, 1.54) is 4.90 Å². The van der Waals surface area contributed by atoms with Crippen LogP contribution in [0.1, 0.15) is 42.1 Å². The molecule has 0 saturated carbocycles. The zero-order chi connectivity index (χ0) is 25.1. The number of fused-ring (bicyclic) bond motifs is 1. The SMILES string of the molecule is CCCCOC(=O)c1ccc(N2C(=O)C[C@@H](N3CCN(Cc4ccc5c(c4)OCO5)CC3)C2=O)cc1. The maximum atomic E-state index is 13.2. The van der Waals surface area contributed by atoms with Crippen LogP contribution in [0.5, 0.6) is 11.5 Å². The summed E-state index contributed by atoms with van der Waals surface area (Å²) < 4.78 is 16.1. The number of benzene rings is 2. The number of piperazine rings is 1. The summed E-state index contributed by atoms with van der Waals surface area (Å²) in [5.41, 5.74) is 2.05. The fraction of sp³-hybridized carbons (Fsp3) is 0.444. The highest BCUT2D eigenvalue weighted by Crippen LogP contribution is 2.33. The van der Waals surface area contributed by atoms with Crippen molar-refractivity contribution in [2.75, 3.05) is 44.5 Å². The van der Waals surface area contributed by atoms with E-state index in [1.54, 1.807) is 24.3 Å². The molecule has 0 aromatic heterocycles. The molecule has 36 heavy (non-hydrogen) atoms. The summed E-state index contributed by atoms with van der Waals surface area (Å²) in [7, 11) is 0. The van der Waals surface area contributed by atoms with Crippen LogP contribution in [-0.2, 0) is 20.9 Å². The summed E-state index contributed by atoms with van der Waals surface area (Å²) in [4.78, 5) is 43.8. The molecular formula is C27H31N3O6. The number of rotatable bonds is 8. The maximum Gasteiger partial charge on any atom is 0.338 e. The van der Waals surface area contributed by atoms with Crippen LogP contribution in [0.4, 0.5) is 5.69 Å². The molecule has 3 heterocycles. The first-order valence-corrected chi connectivity index (χ1v) is 12.5. The van der Waals surface area contributed by atoms with Gasteiger partial charge in [0.1, 0.15) is 0 Å². The first-order valence-electron chi connectivity index (χ1n) is 12.5. The Hall–Kier alpha value is -3.43. The molecule has 190 valence electrons. The number of ether oxygens (including phenoxy) is 3. The normalized spacial score (nSPS) is 20.2. The zero-order valence-corrected chi connectivity index (χ0v) is 20.5. The van der Waals surface area contributed by atoms with Gasteiger partial charge < -0.3 is 14.2 Å². The highest BCUT2D eigenvalue weighted by Gasteiger charge is 2.43. The smallest absolute Gasteiger partial charge is 0.338 e. The third-order valence-electron chi connectivity index (χ3n) is 6.91. The van der Waals surface area contributed by atoms with Gasteiger partial charge in [-0.05, 0) is 48.4 Å². The Morgan fingerprint density at radius 3 is 2.50 bits per heavy atom. The van der Waals surface area contributed by atoms with Crippen molar-refractivity contribution in [3.63, 3.8) is 0 Å². The molecule has 2 aromatic rings. The van der Waals surface area contributed by atoms with Crippen molar-refractivity contribution in [3.8, 4) is 11.5 Å². The van der Waals surface area contributed by atoms with E-state index in [2.05, 4.69) is 9.80 Å². The average Bonchev–Trinajstić information content (AvgIpc) is 3.48. The minimum atomic E-state index is -0.455. The van der Waals surface area contributed by atoms with Gasteiger partial charge in [0.05, 0.1) is 30.3 Å². The number of hydrogen-bond donors (Lipinski definition) is 0. The number of unbranched alkanes of at least 4 members (excludes halogenated alkanes) is 1. The summed E-state index contributed by atoms with van der Waals surface area (Å²) in [6, 6.07) is 12.0. The first-order chi connectivity index (χ1) is 17.5. The number of amides is 2. The average molecular weight is 494 g/mol. The molecule has 1 atom stereocenters. The van der Waals surface area contributed by atoms with Crippen LogP contribution in [0.15, 0.2) is 42.5 Å². The largest absolute Gasteiger partial charge is 0.462 e. The Bertz CT molecular complexity index is 1130. The van der Waals surface area contributed by atoms with Gasteiger partial charge in [0, 0.05) is 32.7 Å². The summed E-state index contributed by atoms with van der Waals surface area (Å²) in [6.45, 7) is 6.50. The van der Waals surface area contributed by atoms with Gasteiger partial charge in [-0.3, -0.25) is 19.4 Å². The number of esters is 1. The van der Waals surface area contributed by atoms with Gasteiger partial charge in [-0.2, -0.15) is 0 Å². The zero-order valence-electron chi connectivity index (χ0n) is 20.5. The Kier molecular flexibility index (Phi) is 7.20. The van der Waals surface area contributed by atoms with Gasteiger partial charge in [-0.1, -0.05) is 19.4 Å². The van der Waals surface area contributed by atoms with Crippen molar-refractivity contribution in [3.05, 3.63) is 53.6 Å². The molecule has 3 aliphatic rings. The molecule has 2 amide bonds. The molecule has 9 heteroatoms. The van der Waals surface area contributed by atoms with Gasteiger partial charge in [0.25, 0.3) is 5.91 Å². The number of imide groups is 1. The highest BCUT2D eigenvalue weighted by atomic mass is 16.7. The van der Waals surface area contributed by atoms with Crippen molar-refractivity contribution in [2.24, 2.45) is 0 Å². The second-order valence-electron chi connectivity index (χ2n) is 9.32. The first kappa shape index (κ1) is 24.3. The van der Waals surface area contributed by atoms with E-state index in [1.807, 2.05) is 25.1 Å². The fourth-order valence-corrected chi connectivity index (χ4v) is 4.84. The lowest BCUT2D eigenvalue weighted by Gasteiger charge is -2.37. The summed E-state index contributed by atoms with van der Waals surface area (Å²) in [6.07, 6.45) is 1.93. The Morgan fingerprint density at radius 1 is 1.00 bits per heavy atom. The molecule has 0 unspecified atom stereocenters. The maximum absolute atomic E-state index is 13.2. The summed E-state index contributed by atoms with van der Waals surface area (Å²) >= 11 is 0. The predicted molar refractivity (Wildman–Crippen MR) is 132 cm³/mol. The van der Waals surface area contributed by atoms with E-state index in [0.717, 1.165) is 49.5 Å². The van der Waals surface area contributed by atoms with Crippen LogP contribution in [-0.4, -0.2) is 73.2 Å². The van der Waals surface area contributed by atoms with Crippen LogP contribution in [0.25, 0.3) is 0 Å². The van der Waals surface area contributed by atoms with E-state index in [-0.39, 0.29) is 25.0 Å². The van der Waals surface area contributed by atoms with Gasteiger partial charge in [-0.15, -0.1) is 0 Å². The second kappa shape index (κ2) is 10.7. The van der Waals surface area contributed by atoms with Crippen LogP contribution in [0.2, 0.25) is 0 Å². The molecular weight excluding hydrogens is 462 g/mol. The Labute approximate surface area is 210 Å². The molecule has 0 radical (unpaired) electrons. The van der Waals surface area contributed by atoms with Crippen LogP contribution < -0.4 is 14.4 Å². The van der Waals surface area contributed by atoms with Crippen molar-refractivity contribution in [2.45, 2.75) is 38.8 Å². The minimum absolute atomic E-state index is 0.168. The Morgan fingerprint density at radius 2 is 1.75 bits per heavy atom. The summed E-state index contributed by atoms with van der Waals surface area (Å²) in [5.74, 6) is 0.737. The number of anilines is 1. The second-order valence-corrected chi connectivity index (χ2v) is 9.32. The minimum Gasteiger partial charge on any atom is -0.462 e. The third-order valence-corrected chi connectivity index (χ3v) is 6.91. The lowest BCUT2D eigenvalue weighted by atomic mass is 10.1. The summed E-state index contributed by atoms with van der Waals surface area (Å²) in [5, 5.41) is 0. The van der Waals surface area contributed by atoms with Crippen molar-refractivity contribution in [1.82, 2.24) is 9.80 Å². The van der Waals surface area contributed by atoms with Gasteiger partial charge in [0.15, 0.2) is 11.5 Å². The highest BCUT2D eigenvalue weighted by molar-refractivity contribution is 6.22. The topological polar surface area (TPSA) is 88.6 Å². The lowest BCUT2D eigenvalue weighted by molar-refractivity contribution is -0.123. The lowest BCUT2D eigenvalue weighted by Crippen LogP contribution is -2.52. The van der Waals surface area contributed by atoms with Crippen molar-refractivity contribution < 1.29 is 28.6 Å². The van der Waals surface area contributed by atoms with E-state index >= 15 is 0 Å². The van der Waals surface area contributed by atoms with E-state index in [4.69, 9.17) is 14.2 Å². The monoisotopic (exact) mass is 493 g/mol. The van der Waals surface area contributed by atoms with Crippen LogP contribution >= 0.6 is 0 Å². The van der Waals surface area contributed by atoms with Crippen molar-refractivity contribution in [1.29, 1.82) is 0 Å². The van der Waals surface area contributed by atoms with Gasteiger partial charge >= 0.3 is 5.97 Å². The van der Waals surface area contributed by atoms with E-state index in [9.17, 15) is 14.4 Å². The van der Waals surface area contributed by atoms with Crippen molar-refractivity contribution >= 4 is 23.5 Å². The van der Waals surface area contributed by atoms with E-state index in [0.29, 0.717) is 30.9 Å². The molecule has 5 rings (SSSR count). The number of carbonyl (C=O) groups excluding carboxylic acids is 3.